The molecule has 5 heteroatoms. The van der Waals surface area contributed by atoms with Gasteiger partial charge in [0.1, 0.15) is 0 Å². The first-order chi connectivity index (χ1) is 13.3. The second kappa shape index (κ2) is 7.81. The summed E-state index contributed by atoms with van der Waals surface area (Å²) in [4.78, 5) is 5.79. The van der Waals surface area contributed by atoms with Gasteiger partial charge < -0.3 is 20.8 Å². The molecule has 3 unspecified atom stereocenters. The first kappa shape index (κ1) is 21.0. The first-order valence-electron chi connectivity index (χ1n) is 11.8. The number of aliphatic hydroxyl groups excluding tert-OH is 1. The molecule has 0 aromatic carbocycles. The molecule has 8 atom stereocenters. The molecule has 4 aliphatic carbocycles. The van der Waals surface area contributed by atoms with Crippen LogP contribution in [0.4, 0.5) is 0 Å². The Morgan fingerprint density at radius 3 is 2.61 bits per heavy atom. The van der Waals surface area contributed by atoms with Gasteiger partial charge in [0.25, 0.3) is 0 Å². The molecule has 4 rings (SSSR count). The molecule has 0 aromatic heterocycles. The van der Waals surface area contributed by atoms with E-state index in [-0.39, 0.29) is 17.6 Å². The molecule has 5 N–H and O–H groups in total. The van der Waals surface area contributed by atoms with Crippen molar-refractivity contribution in [2.45, 2.75) is 102 Å². The Hall–Kier alpha value is -0.200. The van der Waals surface area contributed by atoms with Crippen LogP contribution in [-0.4, -0.2) is 41.1 Å². The quantitative estimate of drug-likeness (QED) is 0.411. The van der Waals surface area contributed by atoms with Gasteiger partial charge >= 0.3 is 0 Å². The number of nitrogens with one attached hydrogen (secondary N) is 1. The zero-order valence-electron chi connectivity index (χ0n) is 18.0. The molecule has 0 aliphatic heterocycles. The van der Waals surface area contributed by atoms with Crippen molar-refractivity contribution in [2.75, 3.05) is 13.2 Å². The highest BCUT2D eigenvalue weighted by atomic mass is 16.6. The molecule has 0 heterocycles. The molecular formula is C23H42N2O3. The lowest BCUT2D eigenvalue weighted by molar-refractivity contribution is -0.211. The average Bonchev–Trinajstić information content (AvgIpc) is 2.93. The predicted octanol–water partition coefficient (Wildman–Crippen LogP) is 3.13. The van der Waals surface area contributed by atoms with E-state index in [0.29, 0.717) is 36.3 Å². The lowest BCUT2D eigenvalue weighted by Crippen LogP contribution is -2.64. The van der Waals surface area contributed by atoms with Gasteiger partial charge in [-0.25, -0.2) is 0 Å². The van der Waals surface area contributed by atoms with Crippen LogP contribution in [0.25, 0.3) is 0 Å². The van der Waals surface area contributed by atoms with Gasteiger partial charge in [-0.15, -0.1) is 0 Å². The summed E-state index contributed by atoms with van der Waals surface area (Å²) >= 11 is 0. The molecule has 28 heavy (non-hydrogen) atoms. The van der Waals surface area contributed by atoms with E-state index in [1.165, 1.54) is 12.8 Å². The molecule has 4 saturated carbocycles. The van der Waals surface area contributed by atoms with Gasteiger partial charge in [0.05, 0.1) is 18.3 Å². The van der Waals surface area contributed by atoms with E-state index in [1.54, 1.807) is 0 Å². The molecule has 0 aromatic rings. The number of aliphatic hydroxyl groups is 2. The smallest absolute Gasteiger partial charge is 0.0748 e. The fraction of sp³-hybridized carbons (Fsp3) is 1.00. The van der Waals surface area contributed by atoms with Crippen LogP contribution < -0.4 is 11.2 Å². The fourth-order valence-corrected chi connectivity index (χ4v) is 7.87. The summed E-state index contributed by atoms with van der Waals surface area (Å²) < 4.78 is 0. The summed E-state index contributed by atoms with van der Waals surface area (Å²) in [5.74, 6) is 1.62. The third-order valence-corrected chi connectivity index (χ3v) is 9.75. The number of unbranched alkanes of at least 4 members (excludes halogenated alkanes) is 1. The maximum absolute atomic E-state index is 12.1. The maximum Gasteiger partial charge on any atom is 0.0748 e. The summed E-state index contributed by atoms with van der Waals surface area (Å²) in [6.45, 7) is 6.17. The maximum atomic E-state index is 12.1. The lowest BCUT2D eigenvalue weighted by Gasteiger charge is -2.63. The highest BCUT2D eigenvalue weighted by Gasteiger charge is 2.67. The van der Waals surface area contributed by atoms with Crippen molar-refractivity contribution in [1.82, 2.24) is 5.48 Å². The highest BCUT2D eigenvalue weighted by Crippen LogP contribution is 2.67. The lowest BCUT2D eigenvalue weighted by atomic mass is 9.43. The van der Waals surface area contributed by atoms with Crippen LogP contribution in [0.5, 0.6) is 0 Å². The largest absolute Gasteiger partial charge is 0.393 e. The second-order valence-electron chi connectivity index (χ2n) is 10.9. The van der Waals surface area contributed by atoms with E-state index >= 15 is 0 Å². The average molecular weight is 395 g/mol. The van der Waals surface area contributed by atoms with Crippen molar-refractivity contribution < 1.29 is 15.1 Å². The van der Waals surface area contributed by atoms with Crippen molar-refractivity contribution in [3.05, 3.63) is 0 Å². The molecule has 0 spiro atoms. The van der Waals surface area contributed by atoms with Gasteiger partial charge in [-0.2, -0.15) is 5.48 Å². The summed E-state index contributed by atoms with van der Waals surface area (Å²) in [5, 5.41) is 22.3. The van der Waals surface area contributed by atoms with E-state index in [2.05, 4.69) is 19.3 Å². The van der Waals surface area contributed by atoms with Gasteiger partial charge in [-0.05, 0) is 100 Å². The van der Waals surface area contributed by atoms with Gasteiger partial charge in [0.15, 0.2) is 0 Å². The minimum atomic E-state index is -0.585. The highest BCUT2D eigenvalue weighted by molar-refractivity contribution is 5.18. The Kier molecular flexibility index (Phi) is 5.87. The normalized spacial score (nSPS) is 50.7. The Morgan fingerprint density at radius 1 is 1.00 bits per heavy atom. The van der Waals surface area contributed by atoms with Crippen molar-refractivity contribution in [3.8, 4) is 0 Å². The molecular weight excluding hydrogens is 352 g/mol. The van der Waals surface area contributed by atoms with Crippen LogP contribution in [0.1, 0.15) is 84.5 Å². The van der Waals surface area contributed by atoms with Crippen LogP contribution >= 0.6 is 0 Å². The Balaban J connectivity index is 1.47. The number of nitrogens with two attached hydrogens (primary N) is 1. The second-order valence-corrected chi connectivity index (χ2v) is 10.9. The Labute approximate surface area is 170 Å². The molecule has 4 fully saturated rings. The van der Waals surface area contributed by atoms with Crippen molar-refractivity contribution in [1.29, 1.82) is 0 Å². The van der Waals surface area contributed by atoms with Crippen LogP contribution in [0.15, 0.2) is 0 Å². The van der Waals surface area contributed by atoms with E-state index in [0.717, 1.165) is 57.8 Å². The number of hydrogen-bond donors (Lipinski definition) is 4. The first-order valence-corrected chi connectivity index (χ1v) is 11.8. The summed E-state index contributed by atoms with van der Waals surface area (Å²) in [5.41, 5.74) is 8.50. The minimum Gasteiger partial charge on any atom is -0.393 e. The van der Waals surface area contributed by atoms with Crippen LogP contribution in [0.2, 0.25) is 0 Å². The number of hydroxylamine groups is 1. The van der Waals surface area contributed by atoms with E-state index in [1.807, 2.05) is 0 Å². The van der Waals surface area contributed by atoms with Crippen molar-refractivity contribution in [3.63, 3.8) is 0 Å². The van der Waals surface area contributed by atoms with E-state index in [4.69, 9.17) is 10.6 Å². The third kappa shape index (κ3) is 3.17. The fourth-order valence-electron chi connectivity index (χ4n) is 7.87. The summed E-state index contributed by atoms with van der Waals surface area (Å²) in [6.07, 6.45) is 11.3. The van der Waals surface area contributed by atoms with E-state index < -0.39 is 5.60 Å². The van der Waals surface area contributed by atoms with Crippen LogP contribution in [0, 0.1) is 28.6 Å². The van der Waals surface area contributed by atoms with Crippen molar-refractivity contribution >= 4 is 0 Å². The molecule has 0 bridgehead atoms. The standard InChI is InChI=1S/C23H42N2O3/c1-21-10-7-17(26)15-16(21)5-6-19-18(21)8-11-22(2)20(9-12-23(19,22)27)25-28-14-4-3-13-24/h16-20,25-27H,3-15,24H2,1-2H3/t16?,17?,18-,19-,20?,21+,22-,23-/m1/s1. The van der Waals surface area contributed by atoms with Crippen LogP contribution in [-0.2, 0) is 4.84 Å². The number of rotatable bonds is 6. The monoisotopic (exact) mass is 394 g/mol. The van der Waals surface area contributed by atoms with Gasteiger partial charge in [0, 0.05) is 11.5 Å². The summed E-state index contributed by atoms with van der Waals surface area (Å²) in [6, 6.07) is 0.232. The van der Waals surface area contributed by atoms with Gasteiger partial charge in [-0.1, -0.05) is 13.8 Å². The Morgan fingerprint density at radius 2 is 1.82 bits per heavy atom. The van der Waals surface area contributed by atoms with Gasteiger partial charge in [0.2, 0.25) is 0 Å². The number of hydrogen-bond acceptors (Lipinski definition) is 5. The molecule has 162 valence electrons. The molecule has 4 aliphatic rings. The topological polar surface area (TPSA) is 87.7 Å². The SMILES string of the molecule is C[C@]12CCC(O)CC1CC[C@@H]1[C@H]2CC[C@]2(C)C(NOCCCCN)CC[C@@]12O. The van der Waals surface area contributed by atoms with Crippen molar-refractivity contribution in [2.24, 2.45) is 34.3 Å². The molecule has 0 radical (unpaired) electrons. The summed E-state index contributed by atoms with van der Waals surface area (Å²) in [7, 11) is 0. The molecule has 5 nitrogen and oxygen atoms in total. The molecule has 0 amide bonds. The third-order valence-electron chi connectivity index (χ3n) is 9.75. The predicted molar refractivity (Wildman–Crippen MR) is 110 cm³/mol. The molecule has 0 saturated heterocycles. The minimum absolute atomic E-state index is 0.108. The van der Waals surface area contributed by atoms with E-state index in [9.17, 15) is 10.2 Å². The number of fused-ring (bicyclic) bond motifs is 5. The van der Waals surface area contributed by atoms with Crippen LogP contribution in [0.3, 0.4) is 0 Å². The zero-order chi connectivity index (χ0) is 20.0. The zero-order valence-corrected chi connectivity index (χ0v) is 18.0. The van der Waals surface area contributed by atoms with Gasteiger partial charge in [-0.3, -0.25) is 0 Å². The Bertz CT molecular complexity index is 560.